The molecule has 2 N–H and O–H groups in total. The molecule has 0 spiro atoms. The number of halogens is 2. The van der Waals surface area contributed by atoms with E-state index in [2.05, 4.69) is 12.1 Å². The van der Waals surface area contributed by atoms with Gasteiger partial charge in [0.1, 0.15) is 11.6 Å². The molecule has 2 rings (SSSR count). The third kappa shape index (κ3) is 3.10. The molecule has 5 heteroatoms. The molecule has 0 saturated heterocycles. The van der Waals surface area contributed by atoms with Crippen LogP contribution in [0.2, 0.25) is 0 Å². The quantitative estimate of drug-likeness (QED) is 0.834. The molecular formula is C14H16F2N2O. The normalized spacial score (nSPS) is 10.9. The van der Waals surface area contributed by atoms with Gasteiger partial charge in [0.25, 0.3) is 0 Å². The number of nitrogens with two attached hydrogens (primary N) is 1. The lowest BCUT2D eigenvalue weighted by molar-refractivity contribution is 0.426. The first kappa shape index (κ1) is 13.5. The van der Waals surface area contributed by atoms with Crippen molar-refractivity contribution >= 4 is 5.88 Å². The lowest BCUT2D eigenvalue weighted by Gasteiger charge is -2.03. The van der Waals surface area contributed by atoms with Crippen molar-refractivity contribution in [3.8, 4) is 11.1 Å². The molecule has 0 atom stereocenters. The summed E-state index contributed by atoms with van der Waals surface area (Å²) in [7, 11) is 0. The smallest absolute Gasteiger partial charge is 0.230 e. The van der Waals surface area contributed by atoms with Crippen LogP contribution in [0.15, 0.2) is 22.7 Å². The van der Waals surface area contributed by atoms with E-state index in [9.17, 15) is 8.78 Å². The second-order valence-electron chi connectivity index (χ2n) is 4.48. The summed E-state index contributed by atoms with van der Waals surface area (Å²) in [5.74, 6) is -1.19. The molecule has 0 bridgehead atoms. The average Bonchev–Trinajstić information content (AvgIpc) is 2.70. The Kier molecular flexibility index (Phi) is 4.14. The maximum absolute atomic E-state index is 13.3. The number of nitrogens with zero attached hydrogens (tertiary/aromatic N) is 1. The predicted molar refractivity (Wildman–Crippen MR) is 69.5 cm³/mol. The monoisotopic (exact) mass is 266 g/mol. The molecule has 0 amide bonds. The zero-order chi connectivity index (χ0) is 13.8. The summed E-state index contributed by atoms with van der Waals surface area (Å²) in [6, 6.07) is 3.29. The van der Waals surface area contributed by atoms with Gasteiger partial charge in [-0.25, -0.2) is 8.78 Å². The Bertz CT molecular complexity index is 546. The SMILES string of the molecule is CCCCCc1noc(N)c1-c1cc(F)cc(F)c1. The average molecular weight is 266 g/mol. The van der Waals surface area contributed by atoms with E-state index in [-0.39, 0.29) is 5.88 Å². The van der Waals surface area contributed by atoms with Gasteiger partial charge in [-0.3, -0.25) is 0 Å². The third-order valence-electron chi connectivity index (χ3n) is 2.96. The second-order valence-corrected chi connectivity index (χ2v) is 4.48. The van der Waals surface area contributed by atoms with Crippen LogP contribution in [0.3, 0.4) is 0 Å². The molecule has 1 heterocycles. The fourth-order valence-corrected chi connectivity index (χ4v) is 2.06. The molecule has 102 valence electrons. The van der Waals surface area contributed by atoms with Crippen molar-refractivity contribution < 1.29 is 13.3 Å². The minimum Gasteiger partial charge on any atom is -0.367 e. The Hall–Kier alpha value is -1.91. The van der Waals surface area contributed by atoms with Gasteiger partial charge < -0.3 is 10.3 Å². The van der Waals surface area contributed by atoms with E-state index >= 15 is 0 Å². The standard InChI is InChI=1S/C14H16F2N2O/c1-2-3-4-5-12-13(14(17)19-18-12)9-6-10(15)8-11(16)7-9/h6-8H,2-5,17H2,1H3. The van der Waals surface area contributed by atoms with E-state index in [0.717, 1.165) is 25.3 Å². The summed E-state index contributed by atoms with van der Waals surface area (Å²) in [6.07, 6.45) is 3.76. The van der Waals surface area contributed by atoms with Crippen molar-refractivity contribution in [2.45, 2.75) is 32.6 Å². The number of unbranched alkanes of at least 4 members (excludes halogenated alkanes) is 2. The van der Waals surface area contributed by atoms with Crippen molar-refractivity contribution in [1.29, 1.82) is 0 Å². The highest BCUT2D eigenvalue weighted by Gasteiger charge is 2.16. The Morgan fingerprint density at radius 3 is 2.47 bits per heavy atom. The minimum absolute atomic E-state index is 0.0940. The second kappa shape index (κ2) is 5.82. The minimum atomic E-state index is -0.643. The number of aryl methyl sites for hydroxylation is 1. The van der Waals surface area contributed by atoms with Gasteiger partial charge in [-0.2, -0.15) is 0 Å². The predicted octanol–water partition coefficient (Wildman–Crippen LogP) is 3.93. The zero-order valence-corrected chi connectivity index (χ0v) is 10.7. The lowest BCUT2D eigenvalue weighted by Crippen LogP contribution is -1.93. The van der Waals surface area contributed by atoms with Crippen molar-refractivity contribution in [2.75, 3.05) is 5.73 Å². The summed E-state index contributed by atoms with van der Waals surface area (Å²) in [5.41, 5.74) is 7.21. The van der Waals surface area contributed by atoms with E-state index in [4.69, 9.17) is 10.3 Å². The molecule has 0 radical (unpaired) electrons. The van der Waals surface area contributed by atoms with E-state index in [1.807, 2.05) is 0 Å². The van der Waals surface area contributed by atoms with Gasteiger partial charge in [-0.1, -0.05) is 24.9 Å². The molecule has 1 aromatic heterocycles. The maximum atomic E-state index is 13.3. The molecule has 0 saturated carbocycles. The highest BCUT2D eigenvalue weighted by molar-refractivity contribution is 5.75. The molecule has 0 aliphatic rings. The van der Waals surface area contributed by atoms with Crippen LogP contribution in [0.4, 0.5) is 14.7 Å². The molecule has 1 aromatic carbocycles. The van der Waals surface area contributed by atoms with Crippen LogP contribution >= 0.6 is 0 Å². The van der Waals surface area contributed by atoms with Gasteiger partial charge >= 0.3 is 0 Å². The summed E-state index contributed by atoms with van der Waals surface area (Å²) >= 11 is 0. The van der Waals surface area contributed by atoms with Crippen molar-refractivity contribution in [2.24, 2.45) is 0 Å². The maximum Gasteiger partial charge on any atom is 0.230 e. The largest absolute Gasteiger partial charge is 0.367 e. The number of hydrogen-bond acceptors (Lipinski definition) is 3. The third-order valence-corrected chi connectivity index (χ3v) is 2.96. The molecule has 0 aliphatic heterocycles. The molecule has 0 fully saturated rings. The Labute approximate surface area is 110 Å². The van der Waals surface area contributed by atoms with E-state index in [0.29, 0.717) is 23.2 Å². The Balaban J connectivity index is 2.34. The van der Waals surface area contributed by atoms with E-state index in [1.165, 1.54) is 12.1 Å². The number of rotatable bonds is 5. The van der Waals surface area contributed by atoms with Crippen LogP contribution in [0, 0.1) is 11.6 Å². The Morgan fingerprint density at radius 1 is 1.16 bits per heavy atom. The van der Waals surface area contributed by atoms with Crippen LogP contribution in [0.25, 0.3) is 11.1 Å². The van der Waals surface area contributed by atoms with E-state index in [1.54, 1.807) is 0 Å². The Morgan fingerprint density at radius 2 is 1.84 bits per heavy atom. The van der Waals surface area contributed by atoms with Gasteiger partial charge in [0.2, 0.25) is 5.88 Å². The summed E-state index contributed by atoms with van der Waals surface area (Å²) in [5, 5.41) is 3.88. The summed E-state index contributed by atoms with van der Waals surface area (Å²) < 4.78 is 31.5. The van der Waals surface area contributed by atoms with Crippen molar-refractivity contribution in [1.82, 2.24) is 5.16 Å². The fraction of sp³-hybridized carbons (Fsp3) is 0.357. The molecule has 19 heavy (non-hydrogen) atoms. The molecule has 3 nitrogen and oxygen atoms in total. The number of nitrogen functional groups attached to an aromatic ring is 1. The topological polar surface area (TPSA) is 52.0 Å². The highest BCUT2D eigenvalue weighted by atomic mass is 19.1. The van der Waals surface area contributed by atoms with Gasteiger partial charge in [-0.05, 0) is 30.5 Å². The zero-order valence-electron chi connectivity index (χ0n) is 10.7. The summed E-state index contributed by atoms with van der Waals surface area (Å²) in [4.78, 5) is 0. The van der Waals surface area contributed by atoms with Crippen LogP contribution in [0.5, 0.6) is 0 Å². The number of anilines is 1. The first-order valence-electron chi connectivity index (χ1n) is 6.32. The van der Waals surface area contributed by atoms with Crippen LogP contribution in [-0.4, -0.2) is 5.16 Å². The highest BCUT2D eigenvalue weighted by Crippen LogP contribution is 2.31. The molecular weight excluding hydrogens is 250 g/mol. The number of hydrogen-bond donors (Lipinski definition) is 1. The molecule has 2 aromatic rings. The lowest BCUT2D eigenvalue weighted by atomic mass is 10.0. The van der Waals surface area contributed by atoms with Gasteiger partial charge in [0.15, 0.2) is 0 Å². The first-order valence-corrected chi connectivity index (χ1v) is 6.32. The molecule has 0 unspecified atom stereocenters. The van der Waals surface area contributed by atoms with E-state index < -0.39 is 11.6 Å². The summed E-state index contributed by atoms with van der Waals surface area (Å²) in [6.45, 7) is 2.10. The van der Waals surface area contributed by atoms with Crippen LogP contribution < -0.4 is 5.73 Å². The first-order chi connectivity index (χ1) is 9.11. The van der Waals surface area contributed by atoms with Gasteiger partial charge in [0, 0.05) is 6.07 Å². The number of aromatic nitrogens is 1. The van der Waals surface area contributed by atoms with Crippen molar-refractivity contribution in [3.05, 3.63) is 35.5 Å². The fourth-order valence-electron chi connectivity index (χ4n) is 2.06. The van der Waals surface area contributed by atoms with Crippen LogP contribution in [-0.2, 0) is 6.42 Å². The number of benzene rings is 1. The van der Waals surface area contributed by atoms with Crippen molar-refractivity contribution in [3.63, 3.8) is 0 Å². The molecule has 0 aliphatic carbocycles. The van der Waals surface area contributed by atoms with Gasteiger partial charge in [0.05, 0.1) is 11.3 Å². The van der Waals surface area contributed by atoms with Crippen LogP contribution in [0.1, 0.15) is 31.9 Å². The van der Waals surface area contributed by atoms with Gasteiger partial charge in [-0.15, -0.1) is 0 Å².